The first-order chi connectivity index (χ1) is 16.9. The van der Waals surface area contributed by atoms with E-state index in [9.17, 15) is 13.6 Å². The van der Waals surface area contributed by atoms with Gasteiger partial charge in [-0.2, -0.15) is 0 Å². The van der Waals surface area contributed by atoms with Crippen LogP contribution in [0.5, 0.6) is 17.2 Å². The number of H-pyrrole nitrogens is 1. The van der Waals surface area contributed by atoms with E-state index < -0.39 is 17.7 Å². The minimum Gasteiger partial charge on any atom is -0.497 e. The number of nitrogens with one attached hydrogen (secondary N) is 2. The lowest BCUT2D eigenvalue weighted by atomic mass is 9.95. The second-order valence-corrected chi connectivity index (χ2v) is 8.54. The molecule has 1 aromatic heterocycles. The van der Waals surface area contributed by atoms with Crippen LogP contribution >= 0.6 is 11.8 Å². The number of Topliss-reactive ketones (excluding diaryl/α,β-unsaturated/α-hetero) is 1. The monoisotopic (exact) mass is 498 g/mol. The van der Waals surface area contributed by atoms with Crippen molar-refractivity contribution < 1.29 is 27.8 Å². The van der Waals surface area contributed by atoms with E-state index in [1.165, 1.54) is 62.5 Å². The summed E-state index contributed by atoms with van der Waals surface area (Å²) in [6, 6.07) is 11.3. The molecule has 182 valence electrons. The fraction of sp³-hybridized carbons (Fsp3) is 0.192. The number of ether oxygens (including phenoxy) is 3. The summed E-state index contributed by atoms with van der Waals surface area (Å²) in [5.41, 5.74) is 1.85. The number of benzene rings is 3. The van der Waals surface area contributed by atoms with Crippen LogP contribution in [-0.2, 0) is 0 Å². The largest absolute Gasteiger partial charge is 0.497 e. The molecule has 0 aliphatic rings. The topological polar surface area (TPSA) is 72.6 Å². The van der Waals surface area contributed by atoms with Gasteiger partial charge in [-0.05, 0) is 36.6 Å². The number of anilines is 1. The number of halogens is 2. The van der Waals surface area contributed by atoms with Gasteiger partial charge in [0.15, 0.2) is 17.3 Å². The Balaban J connectivity index is 1.85. The van der Waals surface area contributed by atoms with Gasteiger partial charge in [0.1, 0.15) is 23.4 Å². The van der Waals surface area contributed by atoms with Crippen molar-refractivity contribution in [1.29, 1.82) is 0 Å². The van der Waals surface area contributed by atoms with Crippen molar-refractivity contribution in [3.05, 3.63) is 77.5 Å². The third-order valence-corrected chi connectivity index (χ3v) is 6.36. The Hall–Kier alpha value is -3.72. The zero-order valence-electron chi connectivity index (χ0n) is 19.6. The van der Waals surface area contributed by atoms with Gasteiger partial charge in [-0.15, -0.1) is 11.8 Å². The minimum absolute atomic E-state index is 0.0641. The average molecular weight is 499 g/mol. The number of rotatable bonds is 9. The molecule has 4 aromatic rings. The Morgan fingerprint density at radius 1 is 0.971 bits per heavy atom. The van der Waals surface area contributed by atoms with Crippen LogP contribution in [0.25, 0.3) is 10.9 Å². The summed E-state index contributed by atoms with van der Waals surface area (Å²) < 4.78 is 44.3. The summed E-state index contributed by atoms with van der Waals surface area (Å²) in [5.74, 6) is -0.568. The maximum absolute atomic E-state index is 14.5. The van der Waals surface area contributed by atoms with Gasteiger partial charge in [0.2, 0.25) is 0 Å². The fourth-order valence-electron chi connectivity index (χ4n) is 3.90. The summed E-state index contributed by atoms with van der Waals surface area (Å²) in [6.07, 6.45) is 3.45. The lowest BCUT2D eigenvalue weighted by Crippen LogP contribution is -2.22. The molecule has 6 nitrogen and oxygen atoms in total. The molecule has 0 spiro atoms. The number of hydrogen-bond donors (Lipinski definition) is 2. The molecule has 3 aromatic carbocycles. The Morgan fingerprint density at radius 2 is 1.74 bits per heavy atom. The fourth-order valence-corrected chi connectivity index (χ4v) is 4.38. The maximum atomic E-state index is 14.5. The normalized spacial score (nSPS) is 11.8. The SMILES string of the molecule is COc1cc(NC(C(=O)c2c[nH]c3cc(OC)c(F)cc23)c2ccc(F)cc2OC)cc(SC)c1. The minimum atomic E-state index is -0.975. The van der Waals surface area contributed by atoms with Crippen LogP contribution in [0, 0.1) is 11.6 Å². The van der Waals surface area contributed by atoms with Crippen molar-refractivity contribution in [3.63, 3.8) is 0 Å². The quantitative estimate of drug-likeness (QED) is 0.211. The van der Waals surface area contributed by atoms with E-state index in [0.29, 0.717) is 27.9 Å². The van der Waals surface area contributed by atoms with Gasteiger partial charge >= 0.3 is 0 Å². The van der Waals surface area contributed by atoms with Crippen molar-refractivity contribution in [1.82, 2.24) is 4.98 Å². The van der Waals surface area contributed by atoms with Crippen LogP contribution in [0.3, 0.4) is 0 Å². The number of aromatic nitrogens is 1. The van der Waals surface area contributed by atoms with Crippen LogP contribution in [-0.4, -0.2) is 38.4 Å². The van der Waals surface area contributed by atoms with Crippen molar-refractivity contribution in [3.8, 4) is 17.2 Å². The highest BCUT2D eigenvalue weighted by molar-refractivity contribution is 7.98. The number of aromatic amines is 1. The van der Waals surface area contributed by atoms with E-state index >= 15 is 0 Å². The first-order valence-electron chi connectivity index (χ1n) is 10.6. The number of methoxy groups -OCH3 is 3. The zero-order chi connectivity index (χ0) is 25.1. The Kier molecular flexibility index (Phi) is 7.16. The predicted octanol–water partition coefficient (Wildman–Crippen LogP) is 6.23. The van der Waals surface area contributed by atoms with Gasteiger partial charge in [-0.3, -0.25) is 4.79 Å². The van der Waals surface area contributed by atoms with E-state index in [1.807, 2.05) is 18.4 Å². The molecule has 0 saturated carbocycles. The summed E-state index contributed by atoms with van der Waals surface area (Å²) in [7, 11) is 4.34. The Morgan fingerprint density at radius 3 is 2.43 bits per heavy atom. The van der Waals surface area contributed by atoms with Gasteiger partial charge in [0.05, 0.1) is 26.8 Å². The second kappa shape index (κ2) is 10.3. The molecule has 9 heteroatoms. The van der Waals surface area contributed by atoms with Gasteiger partial charge in [-0.1, -0.05) is 0 Å². The van der Waals surface area contributed by atoms with E-state index in [2.05, 4.69) is 10.3 Å². The number of carbonyl (C=O) groups excluding carboxylic acids is 1. The molecule has 0 amide bonds. The molecule has 1 heterocycles. The van der Waals surface area contributed by atoms with Crippen molar-refractivity contribution >= 4 is 34.1 Å². The van der Waals surface area contributed by atoms with Gasteiger partial charge < -0.3 is 24.5 Å². The summed E-state index contributed by atoms with van der Waals surface area (Å²) in [4.78, 5) is 17.9. The van der Waals surface area contributed by atoms with Crippen molar-refractivity contribution in [2.24, 2.45) is 0 Å². The van der Waals surface area contributed by atoms with Crippen LogP contribution < -0.4 is 19.5 Å². The Bertz CT molecular complexity index is 1370. The Labute approximate surface area is 205 Å². The molecule has 0 aliphatic carbocycles. The van der Waals surface area contributed by atoms with Crippen LogP contribution in [0.2, 0.25) is 0 Å². The lowest BCUT2D eigenvalue weighted by Gasteiger charge is -2.22. The first-order valence-corrected chi connectivity index (χ1v) is 11.8. The molecule has 0 radical (unpaired) electrons. The maximum Gasteiger partial charge on any atom is 0.191 e. The van der Waals surface area contributed by atoms with E-state index in [0.717, 1.165) is 4.90 Å². The van der Waals surface area contributed by atoms with Gasteiger partial charge in [0, 0.05) is 51.5 Å². The van der Waals surface area contributed by atoms with Gasteiger partial charge in [-0.25, -0.2) is 8.78 Å². The zero-order valence-corrected chi connectivity index (χ0v) is 20.4. The highest BCUT2D eigenvalue weighted by atomic mass is 32.2. The number of fused-ring (bicyclic) bond motifs is 1. The molecule has 4 rings (SSSR count). The molecule has 0 aliphatic heterocycles. The molecule has 2 N–H and O–H groups in total. The third kappa shape index (κ3) is 4.90. The summed E-state index contributed by atoms with van der Waals surface area (Å²) >= 11 is 1.52. The predicted molar refractivity (Wildman–Crippen MR) is 133 cm³/mol. The number of thioether (sulfide) groups is 1. The summed E-state index contributed by atoms with van der Waals surface area (Å²) in [6.45, 7) is 0. The molecule has 0 bridgehead atoms. The van der Waals surface area contributed by atoms with Crippen molar-refractivity contribution in [2.75, 3.05) is 32.9 Å². The average Bonchev–Trinajstić information content (AvgIpc) is 3.28. The molecule has 35 heavy (non-hydrogen) atoms. The van der Waals surface area contributed by atoms with E-state index in [1.54, 1.807) is 13.2 Å². The molecule has 0 saturated heterocycles. The third-order valence-electron chi connectivity index (χ3n) is 5.65. The second-order valence-electron chi connectivity index (χ2n) is 7.66. The molecule has 1 unspecified atom stereocenters. The molecular weight excluding hydrogens is 474 g/mol. The smallest absolute Gasteiger partial charge is 0.191 e. The van der Waals surface area contributed by atoms with E-state index in [-0.39, 0.29) is 22.8 Å². The van der Waals surface area contributed by atoms with Crippen LogP contribution in [0.1, 0.15) is 22.0 Å². The first kappa shape index (κ1) is 24.4. The standard InChI is InChI=1S/C26H24F2N2O4S/c1-32-16-8-15(9-17(10-16)35-4)30-25(18-6-5-14(27)7-23(18)33-2)26(31)20-13-29-22-12-24(34-3)21(28)11-19(20)22/h5-13,25,29-30H,1-4H3. The number of hydrogen-bond acceptors (Lipinski definition) is 6. The lowest BCUT2D eigenvalue weighted by molar-refractivity contribution is 0.0970. The van der Waals surface area contributed by atoms with E-state index in [4.69, 9.17) is 14.2 Å². The summed E-state index contributed by atoms with van der Waals surface area (Å²) in [5, 5.41) is 3.65. The number of carbonyl (C=O) groups is 1. The van der Waals surface area contributed by atoms with Crippen LogP contribution in [0.4, 0.5) is 14.5 Å². The highest BCUT2D eigenvalue weighted by Gasteiger charge is 2.28. The van der Waals surface area contributed by atoms with Gasteiger partial charge in [0.25, 0.3) is 0 Å². The molecule has 0 fully saturated rings. The highest BCUT2D eigenvalue weighted by Crippen LogP contribution is 2.36. The van der Waals surface area contributed by atoms with Crippen LogP contribution in [0.15, 0.2) is 59.6 Å². The number of ketones is 1. The molecular formula is C26H24F2N2O4S. The molecule has 1 atom stereocenters. The van der Waals surface area contributed by atoms with Crippen molar-refractivity contribution in [2.45, 2.75) is 10.9 Å².